The van der Waals surface area contributed by atoms with Gasteiger partial charge in [0.2, 0.25) is 0 Å². The van der Waals surface area contributed by atoms with Gasteiger partial charge >= 0.3 is 8.03 Å². The lowest BCUT2D eigenvalue weighted by molar-refractivity contribution is 0.255. The SMILES string of the molecule is C[P+](=O)OCCC1CCCCC1. The predicted octanol–water partition coefficient (Wildman–Crippen LogP) is 3.35. The van der Waals surface area contributed by atoms with Crippen molar-refractivity contribution in [3.63, 3.8) is 0 Å². The van der Waals surface area contributed by atoms with Gasteiger partial charge in [-0.3, -0.25) is 0 Å². The van der Waals surface area contributed by atoms with Gasteiger partial charge in [-0.2, -0.15) is 0 Å². The fourth-order valence-electron chi connectivity index (χ4n) is 1.82. The van der Waals surface area contributed by atoms with E-state index >= 15 is 0 Å². The number of hydrogen-bond acceptors (Lipinski definition) is 2. The van der Waals surface area contributed by atoms with Gasteiger partial charge in [-0.1, -0.05) is 32.1 Å². The molecule has 0 heterocycles. The summed E-state index contributed by atoms with van der Waals surface area (Å²) >= 11 is 0. The molecule has 1 saturated carbocycles. The van der Waals surface area contributed by atoms with E-state index in [1.165, 1.54) is 32.1 Å². The first-order chi connectivity index (χ1) is 5.79. The smallest absolute Gasteiger partial charge is 0.147 e. The summed E-state index contributed by atoms with van der Waals surface area (Å²) in [6.07, 6.45) is 7.97. The van der Waals surface area contributed by atoms with E-state index in [2.05, 4.69) is 0 Å². The van der Waals surface area contributed by atoms with E-state index in [1.54, 1.807) is 6.66 Å². The van der Waals surface area contributed by atoms with E-state index in [9.17, 15) is 4.57 Å². The molecule has 1 aliphatic carbocycles. The molecular weight excluding hydrogens is 171 g/mol. The van der Waals surface area contributed by atoms with Crippen molar-refractivity contribution in [1.82, 2.24) is 0 Å². The quantitative estimate of drug-likeness (QED) is 0.634. The van der Waals surface area contributed by atoms with E-state index in [-0.39, 0.29) is 0 Å². The molecular formula is C9H18O2P+. The second-order valence-corrected chi connectivity index (χ2v) is 4.70. The first kappa shape index (κ1) is 10.1. The third-order valence-corrected chi connectivity index (χ3v) is 3.07. The molecule has 1 fully saturated rings. The molecule has 1 rings (SSSR count). The average molecular weight is 189 g/mol. The Balaban J connectivity index is 2.01. The minimum absolute atomic E-state index is 0.691. The van der Waals surface area contributed by atoms with Crippen LogP contribution in [0.2, 0.25) is 0 Å². The second-order valence-electron chi connectivity index (χ2n) is 3.57. The molecule has 1 atom stereocenters. The molecule has 12 heavy (non-hydrogen) atoms. The van der Waals surface area contributed by atoms with Crippen molar-refractivity contribution in [2.45, 2.75) is 38.5 Å². The number of rotatable bonds is 4. The molecule has 0 amide bonds. The normalized spacial score (nSPS) is 20.9. The van der Waals surface area contributed by atoms with Gasteiger partial charge in [0, 0.05) is 0 Å². The molecule has 1 aliphatic rings. The molecule has 0 aromatic heterocycles. The van der Waals surface area contributed by atoms with E-state index in [1.807, 2.05) is 0 Å². The Morgan fingerprint density at radius 3 is 2.58 bits per heavy atom. The maximum atomic E-state index is 10.6. The highest BCUT2D eigenvalue weighted by Gasteiger charge is 2.15. The first-order valence-corrected chi connectivity index (χ1v) is 6.45. The molecule has 70 valence electrons. The van der Waals surface area contributed by atoms with Crippen molar-refractivity contribution >= 4 is 8.03 Å². The van der Waals surface area contributed by atoms with Crippen LogP contribution >= 0.6 is 8.03 Å². The van der Waals surface area contributed by atoms with Crippen LogP contribution < -0.4 is 0 Å². The zero-order chi connectivity index (χ0) is 8.81. The van der Waals surface area contributed by atoms with Crippen LogP contribution in [0, 0.1) is 5.92 Å². The zero-order valence-electron chi connectivity index (χ0n) is 7.79. The summed E-state index contributed by atoms with van der Waals surface area (Å²) in [5.41, 5.74) is 0. The van der Waals surface area contributed by atoms with Crippen molar-refractivity contribution in [2.75, 3.05) is 13.3 Å². The van der Waals surface area contributed by atoms with Crippen LogP contribution in [0.15, 0.2) is 0 Å². The van der Waals surface area contributed by atoms with Crippen molar-refractivity contribution in [3.05, 3.63) is 0 Å². The Morgan fingerprint density at radius 1 is 1.33 bits per heavy atom. The lowest BCUT2D eigenvalue weighted by atomic mass is 9.87. The van der Waals surface area contributed by atoms with Crippen molar-refractivity contribution in [1.29, 1.82) is 0 Å². The molecule has 2 nitrogen and oxygen atoms in total. The molecule has 0 aromatic rings. The largest absolute Gasteiger partial charge is 0.504 e. The van der Waals surface area contributed by atoms with Crippen LogP contribution in [-0.4, -0.2) is 13.3 Å². The van der Waals surface area contributed by atoms with Gasteiger partial charge in [0.15, 0.2) is 6.66 Å². The summed E-state index contributed by atoms with van der Waals surface area (Å²) in [6, 6.07) is 0. The van der Waals surface area contributed by atoms with Gasteiger partial charge in [-0.15, -0.1) is 4.52 Å². The van der Waals surface area contributed by atoms with Crippen LogP contribution in [0.3, 0.4) is 0 Å². The van der Waals surface area contributed by atoms with Gasteiger partial charge in [-0.25, -0.2) is 0 Å². The molecule has 0 radical (unpaired) electrons. The molecule has 0 saturated heterocycles. The van der Waals surface area contributed by atoms with Gasteiger partial charge in [0.05, 0.1) is 0 Å². The highest BCUT2D eigenvalue weighted by atomic mass is 31.1. The van der Waals surface area contributed by atoms with Gasteiger partial charge in [0.25, 0.3) is 0 Å². The Labute approximate surface area is 75.6 Å². The van der Waals surface area contributed by atoms with Crippen LogP contribution in [-0.2, 0) is 9.09 Å². The molecule has 3 heteroatoms. The predicted molar refractivity (Wildman–Crippen MR) is 50.7 cm³/mol. The number of hydrogen-bond donors (Lipinski definition) is 0. The van der Waals surface area contributed by atoms with Crippen molar-refractivity contribution in [2.24, 2.45) is 5.92 Å². The zero-order valence-corrected chi connectivity index (χ0v) is 8.69. The third kappa shape index (κ3) is 4.18. The maximum absolute atomic E-state index is 10.6. The standard InChI is InChI=1S/C9H18O2P/c1-12(10)11-8-7-9-5-3-2-4-6-9/h9H,2-8H2,1H3/q+1. The summed E-state index contributed by atoms with van der Waals surface area (Å²) in [5.74, 6) is 0.841. The maximum Gasteiger partial charge on any atom is 0.504 e. The lowest BCUT2D eigenvalue weighted by Gasteiger charge is -2.19. The summed E-state index contributed by atoms with van der Waals surface area (Å²) in [6.45, 7) is 2.31. The van der Waals surface area contributed by atoms with Crippen LogP contribution in [0.4, 0.5) is 0 Å². The van der Waals surface area contributed by atoms with E-state index < -0.39 is 8.03 Å². The second kappa shape index (κ2) is 5.66. The highest BCUT2D eigenvalue weighted by Crippen LogP contribution is 2.27. The van der Waals surface area contributed by atoms with E-state index in [0.29, 0.717) is 6.61 Å². The minimum Gasteiger partial charge on any atom is -0.147 e. The average Bonchev–Trinajstić information content (AvgIpc) is 2.05. The third-order valence-electron chi connectivity index (χ3n) is 2.52. The molecule has 0 spiro atoms. The monoisotopic (exact) mass is 189 g/mol. The van der Waals surface area contributed by atoms with Gasteiger partial charge < -0.3 is 0 Å². The summed E-state index contributed by atoms with van der Waals surface area (Å²) in [4.78, 5) is 0. The van der Waals surface area contributed by atoms with Crippen molar-refractivity contribution < 1.29 is 9.09 Å². The molecule has 1 unspecified atom stereocenters. The van der Waals surface area contributed by atoms with E-state index in [4.69, 9.17) is 4.52 Å². The summed E-state index contributed by atoms with van der Waals surface area (Å²) in [5, 5.41) is 0. The Morgan fingerprint density at radius 2 is 2.00 bits per heavy atom. The molecule has 0 N–H and O–H groups in total. The topological polar surface area (TPSA) is 26.3 Å². The highest BCUT2D eigenvalue weighted by molar-refractivity contribution is 7.38. The molecule has 0 aliphatic heterocycles. The minimum atomic E-state index is -1.38. The van der Waals surface area contributed by atoms with Crippen LogP contribution in [0.25, 0.3) is 0 Å². The fourth-order valence-corrected chi connectivity index (χ4v) is 2.19. The van der Waals surface area contributed by atoms with Crippen molar-refractivity contribution in [3.8, 4) is 0 Å². The molecule has 0 bridgehead atoms. The Bertz CT molecular complexity index is 141. The van der Waals surface area contributed by atoms with Crippen LogP contribution in [0.5, 0.6) is 0 Å². The lowest BCUT2D eigenvalue weighted by Crippen LogP contribution is -2.08. The first-order valence-electron chi connectivity index (χ1n) is 4.83. The molecule has 0 aromatic carbocycles. The summed E-state index contributed by atoms with van der Waals surface area (Å²) in [7, 11) is -1.38. The summed E-state index contributed by atoms with van der Waals surface area (Å²) < 4.78 is 15.7. The Hall–Kier alpha value is 0.0600. The Kier molecular flexibility index (Phi) is 4.79. The van der Waals surface area contributed by atoms with Gasteiger partial charge in [-0.05, 0) is 16.9 Å². The fraction of sp³-hybridized carbons (Fsp3) is 1.00. The van der Waals surface area contributed by atoms with E-state index in [0.717, 1.165) is 12.3 Å². The van der Waals surface area contributed by atoms with Gasteiger partial charge in [0.1, 0.15) is 6.61 Å². The van der Waals surface area contributed by atoms with Crippen LogP contribution in [0.1, 0.15) is 38.5 Å².